The molecule has 2 N–H and O–H groups in total. The van der Waals surface area contributed by atoms with E-state index in [4.69, 9.17) is 17.0 Å². The van der Waals surface area contributed by atoms with Gasteiger partial charge in [-0.15, -0.1) is 0 Å². The second kappa shape index (κ2) is 10.4. The van der Waals surface area contributed by atoms with Crippen LogP contribution in [-0.4, -0.2) is 74.9 Å². The number of ether oxygens (including phenoxy) is 1. The SMILES string of the molecule is Cc1cc([C@@H]2[C@H](c3ccccn3)NC(=S)N2CCN2CCOCC2)c(C)n1-c1ccccc1C(=O)O. The molecule has 5 rings (SSSR count). The molecular weight excluding hydrogens is 474 g/mol. The first-order valence-electron chi connectivity index (χ1n) is 12.3. The van der Waals surface area contributed by atoms with Gasteiger partial charge in [0, 0.05) is 43.8 Å². The molecule has 188 valence electrons. The Labute approximate surface area is 216 Å². The van der Waals surface area contributed by atoms with Gasteiger partial charge in [-0.25, -0.2) is 4.79 Å². The van der Waals surface area contributed by atoms with E-state index in [9.17, 15) is 9.90 Å². The topological polar surface area (TPSA) is 82.9 Å². The van der Waals surface area contributed by atoms with Gasteiger partial charge in [-0.2, -0.15) is 0 Å². The van der Waals surface area contributed by atoms with Crippen LogP contribution < -0.4 is 5.32 Å². The van der Waals surface area contributed by atoms with Gasteiger partial charge in [0.15, 0.2) is 5.11 Å². The van der Waals surface area contributed by atoms with Gasteiger partial charge in [-0.1, -0.05) is 18.2 Å². The first kappa shape index (κ1) is 24.4. The standard InChI is InChI=1S/C27H31N5O3S/c1-18-17-21(19(2)32(18)23-9-4-3-7-20(23)26(33)34)25-24(22-8-5-6-10-28-22)29-27(36)31(25)12-11-30-13-15-35-16-14-30/h3-10,17,24-25H,11-16H2,1-2H3,(H,29,36)(H,33,34)/t24-,25+/m0/s1. The summed E-state index contributed by atoms with van der Waals surface area (Å²) in [7, 11) is 0. The third kappa shape index (κ3) is 4.61. The van der Waals surface area contributed by atoms with Crippen LogP contribution in [0.15, 0.2) is 54.7 Å². The number of aryl methyl sites for hydroxylation is 1. The summed E-state index contributed by atoms with van der Waals surface area (Å²) in [6.07, 6.45) is 1.81. The highest BCUT2D eigenvalue weighted by molar-refractivity contribution is 7.80. The average molecular weight is 506 g/mol. The normalized spacial score (nSPS) is 20.5. The number of aromatic nitrogens is 2. The van der Waals surface area contributed by atoms with Gasteiger partial charge in [0.25, 0.3) is 0 Å². The Morgan fingerprint density at radius 1 is 1.14 bits per heavy atom. The van der Waals surface area contributed by atoms with Gasteiger partial charge in [-0.3, -0.25) is 9.88 Å². The number of morpholine rings is 1. The summed E-state index contributed by atoms with van der Waals surface area (Å²) < 4.78 is 7.55. The van der Waals surface area contributed by atoms with Crippen LogP contribution in [0, 0.1) is 13.8 Å². The van der Waals surface area contributed by atoms with Crippen LogP contribution in [0.3, 0.4) is 0 Å². The summed E-state index contributed by atoms with van der Waals surface area (Å²) in [5.41, 5.74) is 4.94. The van der Waals surface area contributed by atoms with Gasteiger partial charge in [0.05, 0.1) is 42.2 Å². The van der Waals surface area contributed by atoms with E-state index in [1.165, 1.54) is 0 Å². The molecule has 0 spiro atoms. The molecule has 0 radical (unpaired) electrons. The fraction of sp³-hybridized carbons (Fsp3) is 0.370. The number of nitrogens with one attached hydrogen (secondary N) is 1. The van der Waals surface area contributed by atoms with Crippen LogP contribution in [-0.2, 0) is 4.74 Å². The van der Waals surface area contributed by atoms with E-state index < -0.39 is 5.97 Å². The summed E-state index contributed by atoms with van der Waals surface area (Å²) in [5, 5.41) is 14.1. The summed E-state index contributed by atoms with van der Waals surface area (Å²) in [6.45, 7) is 9.08. The zero-order chi connectivity index (χ0) is 25.2. The number of hydrogen-bond donors (Lipinski definition) is 2. The van der Waals surface area contributed by atoms with Crippen molar-refractivity contribution in [3.05, 3.63) is 82.9 Å². The molecule has 0 bridgehead atoms. The third-order valence-electron chi connectivity index (χ3n) is 7.12. The molecule has 9 heteroatoms. The molecule has 2 atom stereocenters. The maximum Gasteiger partial charge on any atom is 0.337 e. The molecule has 1 aromatic carbocycles. The lowest BCUT2D eigenvalue weighted by atomic mass is 9.96. The van der Waals surface area contributed by atoms with Crippen LogP contribution >= 0.6 is 12.2 Å². The minimum atomic E-state index is -0.943. The van der Waals surface area contributed by atoms with E-state index >= 15 is 0 Å². The fourth-order valence-corrected chi connectivity index (χ4v) is 5.70. The number of carboxylic acids is 1. The molecular formula is C27H31N5O3S. The molecule has 2 fully saturated rings. The summed E-state index contributed by atoms with van der Waals surface area (Å²) in [6, 6.07) is 15.0. The summed E-state index contributed by atoms with van der Waals surface area (Å²) in [4.78, 5) is 21.3. The highest BCUT2D eigenvalue weighted by Crippen LogP contribution is 2.41. The van der Waals surface area contributed by atoms with Crippen LogP contribution in [0.25, 0.3) is 5.69 Å². The number of carboxylic acid groups (broad SMARTS) is 1. The quantitative estimate of drug-likeness (QED) is 0.473. The molecule has 8 nitrogen and oxygen atoms in total. The molecule has 0 unspecified atom stereocenters. The third-order valence-corrected chi connectivity index (χ3v) is 7.48. The predicted octanol–water partition coefficient (Wildman–Crippen LogP) is 3.49. The van der Waals surface area contributed by atoms with E-state index in [0.717, 1.165) is 62.0 Å². The Morgan fingerprint density at radius 3 is 2.61 bits per heavy atom. The van der Waals surface area contributed by atoms with Crippen molar-refractivity contribution in [2.45, 2.75) is 25.9 Å². The molecule has 0 amide bonds. The van der Waals surface area contributed by atoms with Crippen LogP contribution in [0.4, 0.5) is 0 Å². The lowest BCUT2D eigenvalue weighted by Crippen LogP contribution is -2.42. The predicted molar refractivity (Wildman–Crippen MR) is 142 cm³/mol. The Hall–Kier alpha value is -3.27. The fourth-order valence-electron chi connectivity index (χ4n) is 5.37. The smallest absolute Gasteiger partial charge is 0.337 e. The number of aromatic carboxylic acids is 1. The molecule has 2 saturated heterocycles. The van der Waals surface area contributed by atoms with Crippen molar-refractivity contribution in [2.24, 2.45) is 0 Å². The summed E-state index contributed by atoms with van der Waals surface area (Å²) >= 11 is 5.85. The molecule has 2 aliphatic rings. The number of carbonyl (C=O) groups is 1. The van der Waals surface area contributed by atoms with Crippen molar-refractivity contribution in [3.8, 4) is 5.69 Å². The Kier molecular flexibility index (Phi) is 7.04. The molecule has 2 aliphatic heterocycles. The van der Waals surface area contributed by atoms with E-state index in [0.29, 0.717) is 10.8 Å². The second-order valence-electron chi connectivity index (χ2n) is 9.26. The van der Waals surface area contributed by atoms with Gasteiger partial charge >= 0.3 is 5.97 Å². The lowest BCUT2D eigenvalue weighted by molar-refractivity contribution is 0.0350. The molecule has 0 aliphatic carbocycles. The Morgan fingerprint density at radius 2 is 1.89 bits per heavy atom. The molecule has 36 heavy (non-hydrogen) atoms. The minimum absolute atomic E-state index is 0.0784. The van der Waals surface area contributed by atoms with E-state index in [1.54, 1.807) is 18.3 Å². The maximum absolute atomic E-state index is 12.0. The van der Waals surface area contributed by atoms with Crippen molar-refractivity contribution in [2.75, 3.05) is 39.4 Å². The zero-order valence-electron chi connectivity index (χ0n) is 20.6. The number of para-hydroxylation sites is 1. The number of nitrogens with zero attached hydrogens (tertiary/aromatic N) is 4. The number of hydrogen-bond acceptors (Lipinski definition) is 5. The van der Waals surface area contributed by atoms with E-state index in [2.05, 4.69) is 33.1 Å². The molecule has 4 heterocycles. The molecule has 3 aromatic rings. The van der Waals surface area contributed by atoms with Gasteiger partial charge < -0.3 is 24.6 Å². The zero-order valence-corrected chi connectivity index (χ0v) is 21.4. The highest BCUT2D eigenvalue weighted by atomic mass is 32.1. The van der Waals surface area contributed by atoms with Crippen LogP contribution in [0.1, 0.15) is 45.1 Å². The molecule has 2 aromatic heterocycles. The van der Waals surface area contributed by atoms with Crippen molar-refractivity contribution in [3.63, 3.8) is 0 Å². The van der Waals surface area contributed by atoms with E-state index in [1.807, 2.05) is 41.8 Å². The first-order chi connectivity index (χ1) is 17.5. The largest absolute Gasteiger partial charge is 0.478 e. The van der Waals surface area contributed by atoms with Gasteiger partial charge in [-0.05, 0) is 62.0 Å². The van der Waals surface area contributed by atoms with Crippen LogP contribution in [0.5, 0.6) is 0 Å². The Balaban J connectivity index is 1.56. The minimum Gasteiger partial charge on any atom is -0.478 e. The van der Waals surface area contributed by atoms with Gasteiger partial charge in [0.1, 0.15) is 0 Å². The maximum atomic E-state index is 12.0. The van der Waals surface area contributed by atoms with Crippen LogP contribution in [0.2, 0.25) is 0 Å². The number of rotatable bonds is 7. The van der Waals surface area contributed by atoms with E-state index in [-0.39, 0.29) is 17.6 Å². The van der Waals surface area contributed by atoms with Crippen molar-refractivity contribution in [1.29, 1.82) is 0 Å². The number of pyridine rings is 1. The Bertz CT molecular complexity index is 1260. The molecule has 0 saturated carbocycles. The lowest BCUT2D eigenvalue weighted by Gasteiger charge is -2.32. The first-order valence-corrected chi connectivity index (χ1v) is 12.7. The average Bonchev–Trinajstić information content (AvgIpc) is 3.38. The summed E-state index contributed by atoms with van der Waals surface area (Å²) in [5.74, 6) is -0.943. The monoisotopic (exact) mass is 505 g/mol. The van der Waals surface area contributed by atoms with Gasteiger partial charge in [0.2, 0.25) is 0 Å². The van der Waals surface area contributed by atoms with Crippen molar-refractivity contribution in [1.82, 2.24) is 24.7 Å². The van der Waals surface area contributed by atoms with Crippen molar-refractivity contribution < 1.29 is 14.6 Å². The highest BCUT2D eigenvalue weighted by Gasteiger charge is 2.41. The second-order valence-corrected chi connectivity index (χ2v) is 9.64. The van der Waals surface area contributed by atoms with Crippen molar-refractivity contribution >= 4 is 23.3 Å². The number of thiocarbonyl (C=S) groups is 1. The number of benzene rings is 1.